The minimum atomic E-state index is -0.220. The number of nitrogens with zero attached hydrogens (tertiary/aromatic N) is 3. The van der Waals surface area contributed by atoms with Gasteiger partial charge >= 0.3 is 0 Å². The lowest BCUT2D eigenvalue weighted by Crippen LogP contribution is -2.15. The molecule has 0 radical (unpaired) electrons. The number of carbonyl (C=O) groups excluding carboxylic acids is 1. The van der Waals surface area contributed by atoms with Crippen LogP contribution in [-0.4, -0.2) is 26.4 Å². The molecule has 3 aromatic carbocycles. The zero-order chi connectivity index (χ0) is 22.7. The van der Waals surface area contributed by atoms with E-state index in [0.29, 0.717) is 31.7 Å². The van der Waals surface area contributed by atoms with Crippen LogP contribution in [0.4, 0.5) is 5.69 Å². The van der Waals surface area contributed by atoms with Crippen LogP contribution in [0.1, 0.15) is 5.56 Å². The molecule has 1 heterocycles. The lowest BCUT2D eigenvalue weighted by atomic mass is 10.2. The molecule has 0 unspecified atom stereocenters. The molecule has 0 aliphatic rings. The first kappa shape index (κ1) is 22.7. The summed E-state index contributed by atoms with van der Waals surface area (Å²) in [6, 6.07) is 20.3. The van der Waals surface area contributed by atoms with Gasteiger partial charge in [0.25, 0.3) is 0 Å². The Hall–Kier alpha value is -2.51. The van der Waals surface area contributed by atoms with Crippen molar-refractivity contribution >= 4 is 58.2 Å². The van der Waals surface area contributed by atoms with Crippen molar-refractivity contribution in [3.63, 3.8) is 0 Å². The van der Waals surface area contributed by atoms with Crippen LogP contribution in [0.15, 0.2) is 71.9 Å². The second-order valence-corrected chi connectivity index (χ2v) is 9.17. The number of rotatable bonds is 6. The van der Waals surface area contributed by atoms with E-state index in [9.17, 15) is 4.79 Å². The summed E-state index contributed by atoms with van der Waals surface area (Å²) < 4.78 is 1.91. The average molecular weight is 504 g/mol. The first-order valence-electron chi connectivity index (χ1n) is 9.57. The normalized spacial score (nSPS) is 10.9. The number of benzene rings is 3. The molecular formula is C23H17Cl3N4OS. The fourth-order valence-corrected chi connectivity index (χ4v) is 4.41. The largest absolute Gasteiger partial charge is 0.324 e. The summed E-state index contributed by atoms with van der Waals surface area (Å²) in [7, 11) is 0. The fourth-order valence-electron chi connectivity index (χ4n) is 3.01. The van der Waals surface area contributed by atoms with E-state index >= 15 is 0 Å². The third-order valence-electron chi connectivity index (χ3n) is 4.55. The summed E-state index contributed by atoms with van der Waals surface area (Å²) in [6.07, 6.45) is 0. The molecule has 0 aliphatic carbocycles. The van der Waals surface area contributed by atoms with Gasteiger partial charge in [0.1, 0.15) is 0 Å². The van der Waals surface area contributed by atoms with Crippen molar-refractivity contribution in [1.82, 2.24) is 14.8 Å². The van der Waals surface area contributed by atoms with Crippen molar-refractivity contribution in [2.24, 2.45) is 0 Å². The second kappa shape index (κ2) is 9.96. The summed E-state index contributed by atoms with van der Waals surface area (Å²) in [6.45, 7) is 2.02. The van der Waals surface area contributed by atoms with Gasteiger partial charge in [-0.3, -0.25) is 9.36 Å². The molecule has 4 aromatic rings. The molecule has 0 saturated heterocycles. The minimum absolute atomic E-state index is 0.124. The molecule has 0 atom stereocenters. The van der Waals surface area contributed by atoms with Gasteiger partial charge in [-0.2, -0.15) is 0 Å². The Morgan fingerprint density at radius 2 is 1.72 bits per heavy atom. The molecule has 4 rings (SSSR count). The third-order valence-corrected chi connectivity index (χ3v) is 6.26. The Balaban J connectivity index is 1.60. The summed E-state index contributed by atoms with van der Waals surface area (Å²) >= 11 is 19.5. The number of nitrogens with one attached hydrogen (secondary N) is 1. The number of amides is 1. The van der Waals surface area contributed by atoms with Crippen molar-refractivity contribution in [1.29, 1.82) is 0 Å². The maximum Gasteiger partial charge on any atom is 0.234 e. The number of anilines is 1. The van der Waals surface area contributed by atoms with Crippen molar-refractivity contribution in [2.45, 2.75) is 12.1 Å². The predicted octanol–water partition coefficient (Wildman–Crippen LogP) is 6.93. The third kappa shape index (κ3) is 5.27. The monoisotopic (exact) mass is 502 g/mol. The van der Waals surface area contributed by atoms with Gasteiger partial charge in [0, 0.05) is 21.3 Å². The molecule has 1 N–H and O–H groups in total. The molecule has 0 aliphatic heterocycles. The maximum absolute atomic E-state index is 12.5. The Morgan fingerprint density at radius 1 is 0.969 bits per heavy atom. The van der Waals surface area contributed by atoms with E-state index in [1.54, 1.807) is 24.3 Å². The van der Waals surface area contributed by atoms with Gasteiger partial charge in [0.15, 0.2) is 11.0 Å². The molecule has 1 amide bonds. The summed E-state index contributed by atoms with van der Waals surface area (Å²) in [5.41, 5.74) is 3.36. The molecule has 9 heteroatoms. The SMILES string of the molecule is Cc1ccc(-n2c(SCC(=O)Nc3ccc(Cl)cc3Cl)nnc2-c2cccc(Cl)c2)cc1. The average Bonchev–Trinajstić information content (AvgIpc) is 3.19. The maximum atomic E-state index is 12.5. The second-order valence-electron chi connectivity index (χ2n) is 6.95. The van der Waals surface area contributed by atoms with Crippen LogP contribution in [0.2, 0.25) is 15.1 Å². The molecule has 0 saturated carbocycles. The lowest BCUT2D eigenvalue weighted by molar-refractivity contribution is -0.113. The van der Waals surface area contributed by atoms with Gasteiger partial charge in [0.2, 0.25) is 5.91 Å². The van der Waals surface area contributed by atoms with Gasteiger partial charge in [-0.1, -0.05) is 76.4 Å². The summed E-state index contributed by atoms with van der Waals surface area (Å²) in [5, 5.41) is 13.6. The quantitative estimate of drug-likeness (QED) is 0.290. The van der Waals surface area contributed by atoms with E-state index < -0.39 is 0 Å². The summed E-state index contributed by atoms with van der Waals surface area (Å²) in [4.78, 5) is 12.5. The Kier molecular flexibility index (Phi) is 7.06. The number of aryl methyl sites for hydroxylation is 1. The van der Waals surface area contributed by atoms with Gasteiger partial charge in [-0.15, -0.1) is 10.2 Å². The zero-order valence-electron chi connectivity index (χ0n) is 16.8. The predicted molar refractivity (Wildman–Crippen MR) is 132 cm³/mol. The highest BCUT2D eigenvalue weighted by molar-refractivity contribution is 7.99. The number of aromatic nitrogens is 3. The fraction of sp³-hybridized carbons (Fsp3) is 0.0870. The smallest absolute Gasteiger partial charge is 0.234 e. The number of halogens is 3. The molecule has 1 aromatic heterocycles. The molecule has 5 nitrogen and oxygen atoms in total. The highest BCUT2D eigenvalue weighted by Crippen LogP contribution is 2.30. The van der Waals surface area contributed by atoms with E-state index in [2.05, 4.69) is 15.5 Å². The molecule has 162 valence electrons. The first-order valence-corrected chi connectivity index (χ1v) is 11.7. The van der Waals surface area contributed by atoms with Crippen LogP contribution in [0, 0.1) is 6.92 Å². The molecule has 32 heavy (non-hydrogen) atoms. The Morgan fingerprint density at radius 3 is 2.44 bits per heavy atom. The molecule has 0 spiro atoms. The highest BCUT2D eigenvalue weighted by Gasteiger charge is 2.18. The molecule has 0 fully saturated rings. The van der Waals surface area contributed by atoms with Crippen LogP contribution < -0.4 is 5.32 Å². The number of hydrogen-bond donors (Lipinski definition) is 1. The highest BCUT2D eigenvalue weighted by atomic mass is 35.5. The van der Waals surface area contributed by atoms with Crippen molar-refractivity contribution in [2.75, 3.05) is 11.1 Å². The van der Waals surface area contributed by atoms with Crippen molar-refractivity contribution in [3.05, 3.63) is 87.4 Å². The minimum Gasteiger partial charge on any atom is -0.324 e. The van der Waals surface area contributed by atoms with E-state index in [0.717, 1.165) is 16.8 Å². The van der Waals surface area contributed by atoms with E-state index in [4.69, 9.17) is 34.8 Å². The van der Waals surface area contributed by atoms with Gasteiger partial charge < -0.3 is 5.32 Å². The first-order chi connectivity index (χ1) is 15.4. The van der Waals surface area contributed by atoms with E-state index in [-0.39, 0.29) is 11.7 Å². The lowest BCUT2D eigenvalue weighted by Gasteiger charge is -2.11. The standard InChI is InChI=1S/C23H17Cl3N4OS/c1-14-5-8-18(9-6-14)30-22(15-3-2-4-16(24)11-15)28-29-23(30)32-13-21(31)27-20-10-7-17(25)12-19(20)26/h2-12H,13H2,1H3,(H,27,31). The number of hydrogen-bond acceptors (Lipinski definition) is 4. The van der Waals surface area contributed by atoms with Crippen LogP contribution >= 0.6 is 46.6 Å². The van der Waals surface area contributed by atoms with Gasteiger partial charge in [-0.25, -0.2) is 0 Å². The number of carbonyl (C=O) groups is 1. The van der Waals surface area contributed by atoms with Crippen LogP contribution in [0.3, 0.4) is 0 Å². The van der Waals surface area contributed by atoms with Crippen molar-refractivity contribution < 1.29 is 4.79 Å². The van der Waals surface area contributed by atoms with Gasteiger partial charge in [-0.05, 0) is 49.4 Å². The Labute approximate surface area is 204 Å². The van der Waals surface area contributed by atoms with Crippen molar-refractivity contribution in [3.8, 4) is 17.1 Å². The van der Waals surface area contributed by atoms with Crippen LogP contribution in [0.25, 0.3) is 17.1 Å². The molecular weight excluding hydrogens is 487 g/mol. The number of thioether (sulfide) groups is 1. The van der Waals surface area contributed by atoms with Gasteiger partial charge in [0.05, 0.1) is 16.5 Å². The van der Waals surface area contributed by atoms with Crippen LogP contribution in [0.5, 0.6) is 0 Å². The topological polar surface area (TPSA) is 59.8 Å². The van der Waals surface area contributed by atoms with E-state index in [1.165, 1.54) is 11.8 Å². The molecule has 0 bridgehead atoms. The van der Waals surface area contributed by atoms with Crippen LogP contribution in [-0.2, 0) is 4.79 Å². The summed E-state index contributed by atoms with van der Waals surface area (Å²) in [5.74, 6) is 0.542. The zero-order valence-corrected chi connectivity index (χ0v) is 19.9. The van der Waals surface area contributed by atoms with E-state index in [1.807, 2.05) is 54.0 Å². The Bertz CT molecular complexity index is 1270.